The highest BCUT2D eigenvalue weighted by molar-refractivity contribution is 9.10. The molecule has 2 nitrogen and oxygen atoms in total. The van der Waals surface area contributed by atoms with Crippen LogP contribution in [0, 0.1) is 0 Å². The third kappa shape index (κ3) is 4.89. The molecule has 2 rings (SSSR count). The Kier molecular flexibility index (Phi) is 7.16. The van der Waals surface area contributed by atoms with E-state index in [2.05, 4.69) is 47.5 Å². The lowest BCUT2D eigenvalue weighted by Gasteiger charge is -1.85. The van der Waals surface area contributed by atoms with Crippen LogP contribution < -0.4 is 0 Å². The Hall–Kier alpha value is -0.000000000000000111. The van der Waals surface area contributed by atoms with E-state index in [9.17, 15) is 0 Å². The van der Waals surface area contributed by atoms with Crippen molar-refractivity contribution in [3.8, 4) is 0 Å². The van der Waals surface area contributed by atoms with Gasteiger partial charge in [0.05, 0.1) is 11.7 Å². The van der Waals surface area contributed by atoms with Crippen molar-refractivity contribution in [3.63, 3.8) is 0 Å². The SMILES string of the molecule is Brc1ccc2nsnc2c1.CCCCCBr. The normalized spacial score (nSPS) is 9.94. The zero-order valence-electron chi connectivity index (χ0n) is 9.12. The number of nitrogens with zero attached hydrogens (tertiary/aromatic N) is 2. The molecule has 0 amide bonds. The van der Waals surface area contributed by atoms with Gasteiger partial charge in [-0.2, -0.15) is 8.75 Å². The van der Waals surface area contributed by atoms with Crippen molar-refractivity contribution in [2.45, 2.75) is 26.2 Å². The molecule has 0 unspecified atom stereocenters. The summed E-state index contributed by atoms with van der Waals surface area (Å²) in [6, 6.07) is 5.87. The Bertz CT molecular complexity index is 413. The molecule has 5 heteroatoms. The Morgan fingerprint density at radius 3 is 2.56 bits per heavy atom. The van der Waals surface area contributed by atoms with E-state index in [1.807, 2.05) is 18.2 Å². The maximum Gasteiger partial charge on any atom is 0.105 e. The molecule has 0 aliphatic rings. The highest BCUT2D eigenvalue weighted by Gasteiger charge is 1.96. The van der Waals surface area contributed by atoms with Crippen molar-refractivity contribution in [1.82, 2.24) is 8.75 Å². The second kappa shape index (κ2) is 8.14. The first kappa shape index (κ1) is 14.1. The molecule has 0 saturated carbocycles. The van der Waals surface area contributed by atoms with Crippen LogP contribution in [0.15, 0.2) is 22.7 Å². The summed E-state index contributed by atoms with van der Waals surface area (Å²) in [6.07, 6.45) is 4.02. The van der Waals surface area contributed by atoms with Crippen LogP contribution in [-0.2, 0) is 0 Å². The van der Waals surface area contributed by atoms with Gasteiger partial charge in [-0.25, -0.2) is 0 Å². The van der Waals surface area contributed by atoms with Crippen LogP contribution in [0.3, 0.4) is 0 Å². The van der Waals surface area contributed by atoms with Crippen LogP contribution in [-0.4, -0.2) is 14.1 Å². The number of aromatic nitrogens is 2. The van der Waals surface area contributed by atoms with Crippen LogP contribution in [0.1, 0.15) is 26.2 Å². The van der Waals surface area contributed by atoms with Gasteiger partial charge in [0.1, 0.15) is 11.0 Å². The van der Waals surface area contributed by atoms with Crippen molar-refractivity contribution in [3.05, 3.63) is 22.7 Å². The predicted molar refractivity (Wildman–Crippen MR) is 78.4 cm³/mol. The van der Waals surface area contributed by atoms with E-state index in [0.29, 0.717) is 0 Å². The minimum absolute atomic E-state index is 0.958. The molecule has 16 heavy (non-hydrogen) atoms. The highest BCUT2D eigenvalue weighted by atomic mass is 79.9. The zero-order chi connectivity index (χ0) is 11.8. The molecule has 0 aliphatic heterocycles. The molecule has 0 saturated heterocycles. The number of rotatable bonds is 3. The molecule has 1 aromatic carbocycles. The fourth-order valence-electron chi connectivity index (χ4n) is 1.10. The Morgan fingerprint density at radius 1 is 1.19 bits per heavy atom. The van der Waals surface area contributed by atoms with Gasteiger partial charge >= 0.3 is 0 Å². The second-order valence-electron chi connectivity index (χ2n) is 3.29. The van der Waals surface area contributed by atoms with Crippen molar-refractivity contribution in [2.24, 2.45) is 0 Å². The van der Waals surface area contributed by atoms with Crippen LogP contribution in [0.5, 0.6) is 0 Å². The first-order chi connectivity index (χ1) is 7.77. The van der Waals surface area contributed by atoms with E-state index in [4.69, 9.17) is 0 Å². The van der Waals surface area contributed by atoms with Gasteiger partial charge < -0.3 is 0 Å². The summed E-state index contributed by atoms with van der Waals surface area (Å²) in [5, 5.41) is 1.17. The molecule has 1 heterocycles. The lowest BCUT2D eigenvalue weighted by atomic mass is 10.3. The molecule has 0 spiro atoms. The van der Waals surface area contributed by atoms with Crippen LogP contribution >= 0.6 is 43.6 Å². The molecule has 0 radical (unpaired) electrons. The molecular weight excluding hydrogens is 352 g/mol. The van der Waals surface area contributed by atoms with Gasteiger partial charge in [0.15, 0.2) is 0 Å². The number of alkyl halides is 1. The number of hydrogen-bond donors (Lipinski definition) is 0. The maximum absolute atomic E-state index is 4.08. The Morgan fingerprint density at radius 2 is 1.94 bits per heavy atom. The van der Waals surface area contributed by atoms with E-state index >= 15 is 0 Å². The number of fused-ring (bicyclic) bond motifs is 1. The molecule has 0 atom stereocenters. The highest BCUT2D eigenvalue weighted by Crippen LogP contribution is 2.16. The largest absolute Gasteiger partial charge is 0.173 e. The summed E-state index contributed by atoms with van der Waals surface area (Å²) in [4.78, 5) is 0. The third-order valence-electron chi connectivity index (χ3n) is 1.95. The van der Waals surface area contributed by atoms with Gasteiger partial charge in [0, 0.05) is 9.80 Å². The van der Waals surface area contributed by atoms with Crippen LogP contribution in [0.4, 0.5) is 0 Å². The molecule has 0 bridgehead atoms. The minimum atomic E-state index is 0.958. The third-order valence-corrected chi connectivity index (χ3v) is 3.56. The average Bonchev–Trinajstić information content (AvgIpc) is 2.74. The second-order valence-corrected chi connectivity index (χ2v) is 5.53. The minimum Gasteiger partial charge on any atom is -0.173 e. The Labute approximate surface area is 117 Å². The average molecular weight is 366 g/mol. The van der Waals surface area contributed by atoms with Crippen molar-refractivity contribution >= 4 is 54.6 Å². The first-order valence-electron chi connectivity index (χ1n) is 5.21. The summed E-state index contributed by atoms with van der Waals surface area (Å²) in [6.45, 7) is 2.21. The summed E-state index contributed by atoms with van der Waals surface area (Å²) in [5.74, 6) is 0. The lowest BCUT2D eigenvalue weighted by molar-refractivity contribution is 0.781. The molecule has 88 valence electrons. The van der Waals surface area contributed by atoms with E-state index in [-0.39, 0.29) is 0 Å². The standard InChI is InChI=1S/C6H3BrN2S.C5H11Br/c7-4-1-2-5-6(3-4)9-10-8-5;1-2-3-4-5-6/h1-3H;2-5H2,1H3. The van der Waals surface area contributed by atoms with Gasteiger partial charge in [-0.1, -0.05) is 51.6 Å². The first-order valence-corrected chi connectivity index (χ1v) is 7.86. The van der Waals surface area contributed by atoms with Gasteiger partial charge in [0.2, 0.25) is 0 Å². The summed E-state index contributed by atoms with van der Waals surface area (Å²) < 4.78 is 9.20. The van der Waals surface area contributed by atoms with E-state index in [1.54, 1.807) is 0 Å². The summed E-state index contributed by atoms with van der Waals surface area (Å²) in [5.41, 5.74) is 1.92. The Balaban J connectivity index is 0.000000187. The van der Waals surface area contributed by atoms with Gasteiger partial charge in [-0.15, -0.1) is 0 Å². The zero-order valence-corrected chi connectivity index (χ0v) is 13.1. The van der Waals surface area contributed by atoms with Crippen LogP contribution in [0.2, 0.25) is 0 Å². The van der Waals surface area contributed by atoms with Crippen molar-refractivity contribution in [1.29, 1.82) is 0 Å². The van der Waals surface area contributed by atoms with Gasteiger partial charge in [0.25, 0.3) is 0 Å². The fourth-order valence-corrected chi connectivity index (χ4v) is 2.36. The molecular formula is C11H14Br2N2S. The quantitative estimate of drug-likeness (QED) is 0.563. The molecule has 1 aromatic heterocycles. The van der Waals surface area contributed by atoms with E-state index < -0.39 is 0 Å². The molecule has 0 fully saturated rings. The van der Waals surface area contributed by atoms with Crippen LogP contribution in [0.25, 0.3) is 11.0 Å². The summed E-state index contributed by atoms with van der Waals surface area (Å²) >= 11 is 7.95. The number of halogens is 2. The maximum atomic E-state index is 4.08. The van der Waals surface area contributed by atoms with Crippen molar-refractivity contribution in [2.75, 3.05) is 5.33 Å². The van der Waals surface area contributed by atoms with Crippen molar-refractivity contribution < 1.29 is 0 Å². The smallest absolute Gasteiger partial charge is 0.105 e. The fraction of sp³-hybridized carbons (Fsp3) is 0.455. The number of benzene rings is 1. The predicted octanol–water partition coefficient (Wildman–Crippen LogP) is 5.03. The lowest BCUT2D eigenvalue weighted by Crippen LogP contribution is -1.70. The monoisotopic (exact) mass is 364 g/mol. The topological polar surface area (TPSA) is 25.8 Å². The summed E-state index contributed by atoms with van der Waals surface area (Å²) in [7, 11) is 0. The molecule has 0 aliphatic carbocycles. The van der Waals surface area contributed by atoms with E-state index in [0.717, 1.165) is 15.5 Å². The van der Waals surface area contributed by atoms with Gasteiger partial charge in [-0.05, 0) is 24.6 Å². The number of unbranched alkanes of at least 4 members (excludes halogenated alkanes) is 2. The molecule has 2 aromatic rings. The van der Waals surface area contributed by atoms with E-state index in [1.165, 1.54) is 36.3 Å². The molecule has 0 N–H and O–H groups in total. The number of hydrogen-bond acceptors (Lipinski definition) is 3. The van der Waals surface area contributed by atoms with Gasteiger partial charge in [-0.3, -0.25) is 0 Å².